The Hall–Kier alpha value is -2.84. The summed E-state index contributed by atoms with van der Waals surface area (Å²) in [4.78, 5) is 23.0. The largest absolute Gasteiger partial charge is 0.349 e. The van der Waals surface area contributed by atoms with Gasteiger partial charge in [0.05, 0.1) is 27.4 Å². The molecule has 2 atom stereocenters. The lowest BCUT2D eigenvalue weighted by Crippen LogP contribution is -2.41. The van der Waals surface area contributed by atoms with Crippen LogP contribution in [0.1, 0.15) is 62.7 Å². The van der Waals surface area contributed by atoms with Crippen LogP contribution < -0.4 is 5.32 Å². The molecule has 2 aliphatic rings. The molecule has 8 heteroatoms. The molecule has 0 spiro atoms. The monoisotopic (exact) mass is 506 g/mol. The van der Waals surface area contributed by atoms with Crippen LogP contribution in [0.2, 0.25) is 0 Å². The van der Waals surface area contributed by atoms with Gasteiger partial charge in [-0.3, -0.25) is 9.78 Å². The second kappa shape index (κ2) is 10.3. The molecule has 0 unspecified atom stereocenters. The molecule has 190 valence electrons. The lowest BCUT2D eigenvalue weighted by atomic mass is 9.86. The van der Waals surface area contributed by atoms with Gasteiger partial charge in [0.25, 0.3) is 5.91 Å². The zero-order valence-electron chi connectivity index (χ0n) is 21.0. The Kier molecular flexibility index (Phi) is 7.08. The standard InChI is InChI=1S/C28H34N4O3S/c1-19-12-15-32(16-13-19)36(34,35)21-10-11-25-22(17-21)23(18-27(30-25)26-9-5-6-14-29-26)28(33)31-24-8-4-3-7-20(24)2/h5-6,9-11,14,17-20,24H,3-4,7-8,12-13,15-16H2,1-2H3,(H,31,33)/t20-,24-/m0/s1. The maximum absolute atomic E-state index is 13.6. The summed E-state index contributed by atoms with van der Waals surface area (Å²) in [6, 6.07) is 12.4. The molecule has 2 fully saturated rings. The van der Waals surface area contributed by atoms with Gasteiger partial charge >= 0.3 is 0 Å². The van der Waals surface area contributed by atoms with E-state index in [1.165, 1.54) is 6.42 Å². The van der Waals surface area contributed by atoms with Gasteiger partial charge in [0.1, 0.15) is 0 Å². The number of amides is 1. The number of hydrogen-bond donors (Lipinski definition) is 1. The number of hydrogen-bond acceptors (Lipinski definition) is 5. The lowest BCUT2D eigenvalue weighted by Gasteiger charge is -2.30. The Morgan fingerprint density at radius 3 is 2.47 bits per heavy atom. The highest BCUT2D eigenvalue weighted by Crippen LogP contribution is 2.30. The van der Waals surface area contributed by atoms with E-state index >= 15 is 0 Å². The molecule has 1 aromatic carbocycles. The van der Waals surface area contributed by atoms with Gasteiger partial charge in [-0.15, -0.1) is 0 Å². The Balaban J connectivity index is 1.57. The molecule has 1 aliphatic heterocycles. The Labute approximate surface area is 213 Å². The van der Waals surface area contributed by atoms with Crippen LogP contribution in [-0.2, 0) is 10.0 Å². The number of carbonyl (C=O) groups is 1. The Morgan fingerprint density at radius 1 is 0.972 bits per heavy atom. The zero-order valence-corrected chi connectivity index (χ0v) is 21.8. The molecule has 2 aromatic heterocycles. The first-order valence-corrected chi connectivity index (χ1v) is 14.4. The van der Waals surface area contributed by atoms with Crippen LogP contribution in [0.4, 0.5) is 0 Å². The number of fused-ring (bicyclic) bond motifs is 1. The van der Waals surface area contributed by atoms with Crippen LogP contribution in [0.5, 0.6) is 0 Å². The number of aromatic nitrogens is 2. The SMILES string of the molecule is CC1CCN(S(=O)(=O)c2ccc3nc(-c4ccccn4)cc(C(=O)N[C@H]4CCCC[C@@H]4C)c3c2)CC1. The topological polar surface area (TPSA) is 92.3 Å². The van der Waals surface area contributed by atoms with Crippen molar-refractivity contribution in [1.82, 2.24) is 19.6 Å². The minimum atomic E-state index is -3.66. The lowest BCUT2D eigenvalue weighted by molar-refractivity contribution is 0.0912. The number of piperidine rings is 1. The summed E-state index contributed by atoms with van der Waals surface area (Å²) in [6.07, 6.45) is 7.74. The number of carbonyl (C=O) groups excluding carboxylic acids is 1. The van der Waals surface area contributed by atoms with Crippen LogP contribution in [0, 0.1) is 11.8 Å². The molecule has 1 amide bonds. The highest BCUT2D eigenvalue weighted by molar-refractivity contribution is 7.89. The van der Waals surface area contributed by atoms with Crippen molar-refractivity contribution in [1.29, 1.82) is 0 Å². The van der Waals surface area contributed by atoms with Crippen LogP contribution in [0.25, 0.3) is 22.3 Å². The van der Waals surface area contributed by atoms with E-state index < -0.39 is 10.0 Å². The number of rotatable bonds is 5. The first-order valence-electron chi connectivity index (χ1n) is 13.0. The van der Waals surface area contributed by atoms with Crippen LogP contribution in [0.3, 0.4) is 0 Å². The van der Waals surface area contributed by atoms with E-state index in [-0.39, 0.29) is 16.8 Å². The minimum absolute atomic E-state index is 0.107. The molecule has 3 heterocycles. The van der Waals surface area contributed by atoms with E-state index in [9.17, 15) is 13.2 Å². The van der Waals surface area contributed by atoms with Crippen LogP contribution in [-0.4, -0.2) is 47.7 Å². The molecule has 7 nitrogen and oxygen atoms in total. The molecule has 1 saturated carbocycles. The molecule has 36 heavy (non-hydrogen) atoms. The maximum Gasteiger partial charge on any atom is 0.252 e. The van der Waals surface area contributed by atoms with Crippen molar-refractivity contribution < 1.29 is 13.2 Å². The summed E-state index contributed by atoms with van der Waals surface area (Å²) in [5.74, 6) is 0.739. The fraction of sp³-hybridized carbons (Fsp3) is 0.464. The zero-order chi connectivity index (χ0) is 25.3. The van der Waals surface area contributed by atoms with Gasteiger partial charge in [-0.2, -0.15) is 4.31 Å². The molecule has 1 saturated heterocycles. The third kappa shape index (κ3) is 5.02. The van der Waals surface area contributed by atoms with Crippen molar-refractivity contribution in [3.63, 3.8) is 0 Å². The number of nitrogens with one attached hydrogen (secondary N) is 1. The first-order chi connectivity index (χ1) is 17.3. The average Bonchev–Trinajstić information content (AvgIpc) is 2.89. The van der Waals surface area contributed by atoms with Gasteiger partial charge in [0.15, 0.2) is 0 Å². The normalized spacial score (nSPS) is 21.9. The predicted octanol–water partition coefficient (Wildman–Crippen LogP) is 5.03. The van der Waals surface area contributed by atoms with Crippen molar-refractivity contribution in [2.24, 2.45) is 11.8 Å². The van der Waals surface area contributed by atoms with E-state index in [0.29, 0.717) is 52.8 Å². The highest BCUT2D eigenvalue weighted by Gasteiger charge is 2.29. The van der Waals surface area contributed by atoms with Gasteiger partial charge in [-0.25, -0.2) is 13.4 Å². The quantitative estimate of drug-likeness (QED) is 0.524. The summed E-state index contributed by atoms with van der Waals surface area (Å²) in [5, 5.41) is 3.78. The molecule has 5 rings (SSSR count). The van der Waals surface area contributed by atoms with E-state index in [1.54, 1.807) is 34.8 Å². The maximum atomic E-state index is 13.6. The summed E-state index contributed by atoms with van der Waals surface area (Å²) in [7, 11) is -3.66. The molecule has 1 N–H and O–H groups in total. The van der Waals surface area contributed by atoms with Crippen LogP contribution in [0.15, 0.2) is 53.6 Å². The van der Waals surface area contributed by atoms with Gasteiger partial charge in [-0.1, -0.05) is 32.8 Å². The first kappa shape index (κ1) is 24.8. The number of benzene rings is 1. The van der Waals surface area contributed by atoms with Crippen molar-refractivity contribution in [3.8, 4) is 11.4 Å². The summed E-state index contributed by atoms with van der Waals surface area (Å²) in [5.41, 5.74) is 2.26. The average molecular weight is 507 g/mol. The minimum Gasteiger partial charge on any atom is -0.349 e. The van der Waals surface area contributed by atoms with Crippen molar-refractivity contribution in [2.45, 2.75) is 63.3 Å². The second-order valence-corrected chi connectivity index (χ2v) is 12.3. The number of nitrogens with zero attached hydrogens (tertiary/aromatic N) is 3. The summed E-state index contributed by atoms with van der Waals surface area (Å²) < 4.78 is 28.5. The molecule has 0 bridgehead atoms. The predicted molar refractivity (Wildman–Crippen MR) is 141 cm³/mol. The molecule has 1 aliphatic carbocycles. The summed E-state index contributed by atoms with van der Waals surface area (Å²) in [6.45, 7) is 5.37. The molecule has 0 radical (unpaired) electrons. The van der Waals surface area contributed by atoms with E-state index in [1.807, 2.05) is 18.2 Å². The molecular weight excluding hydrogens is 472 g/mol. The Morgan fingerprint density at radius 2 is 1.75 bits per heavy atom. The van der Waals surface area contributed by atoms with E-state index in [0.717, 1.165) is 32.1 Å². The van der Waals surface area contributed by atoms with E-state index in [2.05, 4.69) is 24.1 Å². The molecular formula is C28H34N4O3S. The van der Waals surface area contributed by atoms with Gasteiger partial charge in [0.2, 0.25) is 10.0 Å². The smallest absolute Gasteiger partial charge is 0.252 e. The number of pyridine rings is 2. The molecule has 3 aromatic rings. The Bertz CT molecular complexity index is 1350. The summed E-state index contributed by atoms with van der Waals surface area (Å²) >= 11 is 0. The fourth-order valence-corrected chi connectivity index (χ4v) is 6.85. The number of sulfonamides is 1. The second-order valence-electron chi connectivity index (χ2n) is 10.4. The van der Waals surface area contributed by atoms with Crippen molar-refractivity contribution >= 4 is 26.8 Å². The van der Waals surface area contributed by atoms with Crippen LogP contribution >= 0.6 is 0 Å². The van der Waals surface area contributed by atoms with E-state index in [4.69, 9.17) is 4.98 Å². The fourth-order valence-electron chi connectivity index (χ4n) is 5.35. The third-order valence-electron chi connectivity index (χ3n) is 7.76. The van der Waals surface area contributed by atoms with Crippen molar-refractivity contribution in [3.05, 3.63) is 54.2 Å². The van der Waals surface area contributed by atoms with Gasteiger partial charge in [0, 0.05) is 30.7 Å². The highest BCUT2D eigenvalue weighted by atomic mass is 32.2. The van der Waals surface area contributed by atoms with Crippen molar-refractivity contribution in [2.75, 3.05) is 13.1 Å². The van der Waals surface area contributed by atoms with Gasteiger partial charge < -0.3 is 5.32 Å². The van der Waals surface area contributed by atoms with Gasteiger partial charge in [-0.05, 0) is 73.9 Å². The third-order valence-corrected chi connectivity index (χ3v) is 9.66.